The maximum absolute atomic E-state index is 12.7. The molecule has 30 heavy (non-hydrogen) atoms. The number of unbranched alkanes of at least 4 members (excludes halogenated alkanes) is 2. The van der Waals surface area contributed by atoms with Crippen molar-refractivity contribution in [3.8, 4) is 0 Å². The second-order valence-corrected chi connectivity index (χ2v) is 11.6. The number of benzene rings is 1. The van der Waals surface area contributed by atoms with Crippen LogP contribution < -0.4 is 0 Å². The van der Waals surface area contributed by atoms with E-state index in [2.05, 4.69) is 27.7 Å². The average molecular weight is 458 g/mol. The van der Waals surface area contributed by atoms with Crippen molar-refractivity contribution in [1.29, 1.82) is 0 Å². The molecule has 0 saturated carbocycles. The van der Waals surface area contributed by atoms with Crippen molar-refractivity contribution in [2.45, 2.75) is 86.1 Å². The van der Waals surface area contributed by atoms with E-state index in [0.29, 0.717) is 11.4 Å². The third kappa shape index (κ3) is 9.57. The van der Waals surface area contributed by atoms with Crippen LogP contribution in [0.2, 0.25) is 0 Å². The first kappa shape index (κ1) is 27.3. The van der Waals surface area contributed by atoms with Crippen LogP contribution in [-0.4, -0.2) is 27.1 Å². The van der Waals surface area contributed by atoms with E-state index in [0.717, 1.165) is 31.2 Å². The molecule has 0 bridgehead atoms. The van der Waals surface area contributed by atoms with Crippen molar-refractivity contribution in [2.75, 3.05) is 6.61 Å². The average Bonchev–Trinajstić information content (AvgIpc) is 2.62. The van der Waals surface area contributed by atoms with Crippen LogP contribution in [0.1, 0.15) is 79.7 Å². The SMILES string of the molecule is CCCCC[C@@H](C(=S)N(OP(=O)(O)OCCc1ccccc1)C(C)(C)C)C(C)(C)C. The van der Waals surface area contributed by atoms with Crippen molar-refractivity contribution in [3.05, 3.63) is 35.9 Å². The lowest BCUT2D eigenvalue weighted by Crippen LogP contribution is -2.49. The van der Waals surface area contributed by atoms with Crippen molar-refractivity contribution in [2.24, 2.45) is 11.3 Å². The molecule has 0 spiro atoms. The van der Waals surface area contributed by atoms with Crippen molar-refractivity contribution >= 4 is 25.0 Å². The Morgan fingerprint density at radius 3 is 2.23 bits per heavy atom. The number of hydrogen-bond acceptors (Lipinski definition) is 4. The first-order chi connectivity index (χ1) is 13.8. The predicted molar refractivity (Wildman–Crippen MR) is 128 cm³/mol. The molecule has 0 aliphatic rings. The van der Waals surface area contributed by atoms with Gasteiger partial charge in [0.1, 0.15) is 4.99 Å². The Bertz CT molecular complexity index is 697. The molecule has 2 atom stereocenters. The topological polar surface area (TPSA) is 59.0 Å². The van der Waals surface area contributed by atoms with Gasteiger partial charge in [-0.1, -0.05) is 89.5 Å². The zero-order valence-corrected chi connectivity index (χ0v) is 21.4. The molecule has 0 saturated heterocycles. The largest absolute Gasteiger partial charge is 0.493 e. The van der Waals surface area contributed by atoms with E-state index in [1.165, 1.54) is 5.06 Å². The minimum atomic E-state index is -4.32. The van der Waals surface area contributed by atoms with Crippen molar-refractivity contribution < 1.29 is 18.6 Å². The highest BCUT2D eigenvalue weighted by Crippen LogP contribution is 2.47. The van der Waals surface area contributed by atoms with Gasteiger partial charge in [-0.25, -0.2) is 9.63 Å². The van der Waals surface area contributed by atoms with Gasteiger partial charge in [0, 0.05) is 5.92 Å². The van der Waals surface area contributed by atoms with Gasteiger partial charge in [0.25, 0.3) is 0 Å². The highest BCUT2D eigenvalue weighted by atomic mass is 32.1. The number of hydrogen-bond donors (Lipinski definition) is 1. The van der Waals surface area contributed by atoms with Gasteiger partial charge < -0.3 is 4.89 Å². The van der Waals surface area contributed by atoms with E-state index < -0.39 is 13.4 Å². The molecule has 1 unspecified atom stereocenters. The van der Waals surface area contributed by atoms with Crippen LogP contribution in [-0.2, 0) is 20.1 Å². The molecule has 1 aromatic carbocycles. The summed E-state index contributed by atoms with van der Waals surface area (Å²) in [5, 5.41) is 1.42. The molecule has 0 heterocycles. The van der Waals surface area contributed by atoms with Gasteiger partial charge in [0.05, 0.1) is 12.1 Å². The van der Waals surface area contributed by atoms with Gasteiger partial charge >= 0.3 is 7.82 Å². The Morgan fingerprint density at radius 2 is 1.73 bits per heavy atom. The molecule has 1 aromatic rings. The fourth-order valence-corrected chi connectivity index (χ4v) is 4.96. The molecule has 7 heteroatoms. The van der Waals surface area contributed by atoms with Gasteiger partial charge in [0.2, 0.25) is 0 Å². The summed E-state index contributed by atoms with van der Waals surface area (Å²) in [5.74, 6) is 0.0441. The molecule has 0 radical (unpaired) electrons. The number of thiocarbonyl (C=S) groups is 1. The van der Waals surface area contributed by atoms with E-state index in [1.807, 2.05) is 51.1 Å². The maximum atomic E-state index is 12.7. The third-order valence-corrected chi connectivity index (χ3v) is 6.25. The van der Waals surface area contributed by atoms with Gasteiger partial charge in [-0.15, -0.1) is 0 Å². The lowest BCUT2D eigenvalue weighted by molar-refractivity contribution is -0.0860. The number of phosphoric ester groups is 1. The lowest BCUT2D eigenvalue weighted by atomic mass is 9.77. The first-order valence-corrected chi connectivity index (χ1v) is 12.7. The molecule has 0 fully saturated rings. The van der Waals surface area contributed by atoms with Gasteiger partial charge in [-0.2, -0.15) is 4.62 Å². The third-order valence-electron chi connectivity index (χ3n) is 4.92. The standard InChI is InChI=1S/C23H40NO4PS/c1-8-9-11-16-20(22(2,3)4)21(30)24(23(5,6)7)28-29(25,26)27-18-17-19-14-12-10-13-15-19/h10,12-15,20H,8-9,11,16-18H2,1-7H3,(H,25,26)/t20-/m0/s1. The summed E-state index contributed by atoms with van der Waals surface area (Å²) in [6.45, 7) is 14.4. The molecule has 172 valence electrons. The van der Waals surface area contributed by atoms with E-state index in [4.69, 9.17) is 21.4 Å². The van der Waals surface area contributed by atoms with Crippen LogP contribution in [0, 0.1) is 11.3 Å². The second-order valence-electron chi connectivity index (χ2n) is 9.84. The summed E-state index contributed by atoms with van der Waals surface area (Å²) in [6.07, 6.45) is 4.75. The predicted octanol–water partition coefficient (Wildman–Crippen LogP) is 6.95. The Labute approximate surface area is 188 Å². The molecule has 1 rings (SSSR count). The quantitative estimate of drug-likeness (QED) is 0.168. The molecular weight excluding hydrogens is 417 g/mol. The summed E-state index contributed by atoms with van der Waals surface area (Å²) < 4.78 is 23.5. The Morgan fingerprint density at radius 1 is 1.13 bits per heavy atom. The molecule has 1 N–H and O–H groups in total. The lowest BCUT2D eigenvalue weighted by Gasteiger charge is -2.42. The van der Waals surface area contributed by atoms with Crippen LogP contribution in [0.15, 0.2) is 30.3 Å². The van der Waals surface area contributed by atoms with Crippen LogP contribution >= 0.6 is 20.0 Å². The second kappa shape index (κ2) is 11.7. The van der Waals surface area contributed by atoms with E-state index in [1.54, 1.807) is 0 Å². The molecular formula is C23H40NO4PS. The van der Waals surface area contributed by atoms with Crippen LogP contribution in [0.4, 0.5) is 0 Å². The van der Waals surface area contributed by atoms with Crippen LogP contribution in [0.25, 0.3) is 0 Å². The summed E-state index contributed by atoms with van der Waals surface area (Å²) in [5.41, 5.74) is 0.349. The number of hydroxylamine groups is 2. The van der Waals surface area contributed by atoms with Crippen LogP contribution in [0.5, 0.6) is 0 Å². The highest BCUT2D eigenvalue weighted by molar-refractivity contribution is 7.80. The molecule has 0 amide bonds. The Hall–Kier alpha value is -0.780. The Kier molecular flexibility index (Phi) is 10.7. The summed E-state index contributed by atoms with van der Waals surface area (Å²) >= 11 is 5.81. The number of nitrogens with zero attached hydrogens (tertiary/aromatic N) is 1. The van der Waals surface area contributed by atoms with Crippen molar-refractivity contribution in [3.63, 3.8) is 0 Å². The fraction of sp³-hybridized carbons (Fsp3) is 0.696. The molecule has 0 aliphatic heterocycles. The Balaban J connectivity index is 2.90. The maximum Gasteiger partial charge on any atom is 0.493 e. The van der Waals surface area contributed by atoms with Crippen LogP contribution in [0.3, 0.4) is 0 Å². The zero-order valence-electron chi connectivity index (χ0n) is 19.7. The van der Waals surface area contributed by atoms with E-state index in [-0.39, 0.29) is 17.9 Å². The van der Waals surface area contributed by atoms with Crippen molar-refractivity contribution in [1.82, 2.24) is 5.06 Å². The fourth-order valence-electron chi connectivity index (χ4n) is 3.21. The molecule has 5 nitrogen and oxygen atoms in total. The number of rotatable bonds is 11. The first-order valence-electron chi connectivity index (χ1n) is 10.8. The monoisotopic (exact) mass is 457 g/mol. The zero-order chi connectivity index (χ0) is 23.0. The summed E-state index contributed by atoms with van der Waals surface area (Å²) in [6, 6.07) is 9.68. The van der Waals surface area contributed by atoms with E-state index >= 15 is 0 Å². The number of phosphoric acid groups is 1. The summed E-state index contributed by atoms with van der Waals surface area (Å²) in [4.78, 5) is 10.9. The normalized spacial score (nSPS) is 15.5. The highest BCUT2D eigenvalue weighted by Gasteiger charge is 2.39. The minimum Gasteiger partial charge on any atom is -0.301 e. The molecule has 0 aromatic heterocycles. The van der Waals surface area contributed by atoms with Gasteiger partial charge in [0.15, 0.2) is 0 Å². The van der Waals surface area contributed by atoms with E-state index in [9.17, 15) is 9.46 Å². The molecule has 0 aliphatic carbocycles. The summed E-state index contributed by atoms with van der Waals surface area (Å²) in [7, 11) is -4.32. The minimum absolute atomic E-state index is 0.0441. The smallest absolute Gasteiger partial charge is 0.301 e. The van der Waals surface area contributed by atoms with Gasteiger partial charge in [-0.05, 0) is 44.6 Å². The van der Waals surface area contributed by atoms with Gasteiger partial charge in [-0.3, -0.25) is 4.52 Å².